The normalized spacial score (nSPS) is 11.5. The lowest BCUT2D eigenvalue weighted by Gasteiger charge is -2.11. The second kappa shape index (κ2) is 8.12. The van der Waals surface area contributed by atoms with Gasteiger partial charge in [-0.1, -0.05) is 24.3 Å². The minimum atomic E-state index is -0.345. The average molecular weight is 327 g/mol. The molecule has 2 aromatic carbocycles. The highest BCUT2D eigenvalue weighted by atomic mass is 16.5. The van der Waals surface area contributed by atoms with E-state index in [2.05, 4.69) is 10.6 Å². The third-order valence-electron chi connectivity index (χ3n) is 3.45. The number of carbonyl (C=O) groups excluding carboxylic acids is 2. The molecule has 2 aromatic rings. The van der Waals surface area contributed by atoms with Crippen LogP contribution in [0.5, 0.6) is 5.75 Å². The number of carbonyl (C=O) groups is 2. The Morgan fingerprint density at radius 1 is 1.12 bits per heavy atom. The van der Waals surface area contributed by atoms with Gasteiger partial charge in [0, 0.05) is 13.1 Å². The monoisotopic (exact) mass is 327 g/mol. The second-order valence-corrected chi connectivity index (χ2v) is 5.32. The molecule has 0 aliphatic rings. The maximum Gasteiger partial charge on any atom is 0.262 e. The first kappa shape index (κ1) is 17.5. The van der Waals surface area contributed by atoms with Crippen LogP contribution in [0.1, 0.15) is 28.9 Å². The number of para-hydroxylation sites is 1. The van der Waals surface area contributed by atoms with Crippen LogP contribution in [0, 0.1) is 0 Å². The molecule has 1 atom stereocenters. The predicted molar refractivity (Wildman–Crippen MR) is 93.0 cm³/mol. The van der Waals surface area contributed by atoms with Gasteiger partial charge in [0.25, 0.3) is 11.8 Å². The molecule has 0 aliphatic carbocycles. The molecular formula is C18H21N3O3. The van der Waals surface area contributed by atoms with Crippen molar-refractivity contribution in [3.05, 3.63) is 59.7 Å². The zero-order valence-corrected chi connectivity index (χ0v) is 13.7. The van der Waals surface area contributed by atoms with Crippen LogP contribution in [0.4, 0.5) is 5.69 Å². The van der Waals surface area contributed by atoms with Crippen molar-refractivity contribution >= 4 is 17.5 Å². The molecule has 24 heavy (non-hydrogen) atoms. The third-order valence-corrected chi connectivity index (χ3v) is 3.45. The largest absolute Gasteiger partial charge is 0.484 e. The number of benzene rings is 2. The fourth-order valence-electron chi connectivity index (χ4n) is 2.13. The van der Waals surface area contributed by atoms with Crippen molar-refractivity contribution in [2.24, 2.45) is 5.73 Å². The average Bonchev–Trinajstić information content (AvgIpc) is 2.60. The first-order chi connectivity index (χ1) is 11.5. The Morgan fingerprint density at radius 3 is 2.42 bits per heavy atom. The molecule has 6 heteroatoms. The van der Waals surface area contributed by atoms with Crippen LogP contribution in [0.25, 0.3) is 0 Å². The molecule has 0 fully saturated rings. The Kier molecular flexibility index (Phi) is 5.92. The van der Waals surface area contributed by atoms with Crippen LogP contribution < -0.4 is 21.1 Å². The first-order valence-electron chi connectivity index (χ1n) is 7.60. The van der Waals surface area contributed by atoms with Crippen molar-refractivity contribution in [1.29, 1.82) is 0 Å². The van der Waals surface area contributed by atoms with E-state index in [0.717, 1.165) is 5.56 Å². The summed E-state index contributed by atoms with van der Waals surface area (Å²) in [5.41, 5.74) is 7.62. The Hall–Kier alpha value is -2.86. The summed E-state index contributed by atoms with van der Waals surface area (Å²) in [4.78, 5) is 23.8. The highest BCUT2D eigenvalue weighted by Gasteiger charge is 2.12. The van der Waals surface area contributed by atoms with Gasteiger partial charge in [-0.25, -0.2) is 0 Å². The summed E-state index contributed by atoms with van der Waals surface area (Å²) in [6.45, 7) is 1.74. The summed E-state index contributed by atoms with van der Waals surface area (Å²) in [6, 6.07) is 14.0. The van der Waals surface area contributed by atoms with Crippen LogP contribution in [0.2, 0.25) is 0 Å². The van der Waals surface area contributed by atoms with Crippen molar-refractivity contribution in [2.75, 3.05) is 19.0 Å². The first-order valence-corrected chi connectivity index (χ1v) is 7.60. The van der Waals surface area contributed by atoms with Crippen LogP contribution >= 0.6 is 0 Å². The van der Waals surface area contributed by atoms with Gasteiger partial charge in [-0.15, -0.1) is 0 Å². The molecule has 0 radical (unpaired) electrons. The van der Waals surface area contributed by atoms with Gasteiger partial charge < -0.3 is 21.1 Å². The van der Waals surface area contributed by atoms with E-state index in [1.807, 2.05) is 19.1 Å². The van der Waals surface area contributed by atoms with Crippen LogP contribution in [-0.4, -0.2) is 25.5 Å². The molecule has 0 saturated carbocycles. The van der Waals surface area contributed by atoms with Gasteiger partial charge in [-0.2, -0.15) is 0 Å². The van der Waals surface area contributed by atoms with E-state index in [4.69, 9.17) is 10.5 Å². The number of nitrogens with two attached hydrogens (primary N) is 1. The number of rotatable bonds is 6. The van der Waals surface area contributed by atoms with Crippen LogP contribution in [0.3, 0.4) is 0 Å². The smallest absolute Gasteiger partial charge is 0.262 e. The Bertz CT molecular complexity index is 712. The molecule has 2 amide bonds. The molecule has 0 spiro atoms. The Labute approximate surface area is 141 Å². The summed E-state index contributed by atoms with van der Waals surface area (Å²) in [7, 11) is 1.54. The quantitative estimate of drug-likeness (QED) is 0.757. The van der Waals surface area contributed by atoms with E-state index in [1.165, 1.54) is 7.05 Å². The zero-order valence-electron chi connectivity index (χ0n) is 13.7. The summed E-state index contributed by atoms with van der Waals surface area (Å²) in [5, 5.41) is 5.22. The van der Waals surface area contributed by atoms with Gasteiger partial charge in [0.05, 0.1) is 11.3 Å². The summed E-state index contributed by atoms with van der Waals surface area (Å²) < 4.78 is 5.45. The van der Waals surface area contributed by atoms with Gasteiger partial charge in [0.15, 0.2) is 6.61 Å². The van der Waals surface area contributed by atoms with Crippen molar-refractivity contribution in [3.63, 3.8) is 0 Å². The van der Waals surface area contributed by atoms with Crippen LogP contribution in [0.15, 0.2) is 48.5 Å². The third kappa shape index (κ3) is 4.57. The molecule has 2 rings (SSSR count). The zero-order chi connectivity index (χ0) is 17.5. The van der Waals surface area contributed by atoms with Crippen molar-refractivity contribution in [2.45, 2.75) is 13.0 Å². The number of hydrogen-bond acceptors (Lipinski definition) is 4. The van der Waals surface area contributed by atoms with Gasteiger partial charge >= 0.3 is 0 Å². The number of nitrogens with one attached hydrogen (secondary N) is 2. The molecular weight excluding hydrogens is 306 g/mol. The Balaban J connectivity index is 1.95. The lowest BCUT2D eigenvalue weighted by molar-refractivity contribution is -0.118. The number of anilines is 1. The van der Waals surface area contributed by atoms with Crippen molar-refractivity contribution < 1.29 is 14.3 Å². The van der Waals surface area contributed by atoms with Crippen molar-refractivity contribution in [1.82, 2.24) is 5.32 Å². The molecule has 126 valence electrons. The topological polar surface area (TPSA) is 93.5 Å². The minimum absolute atomic E-state index is 0.0523. The predicted octanol–water partition coefficient (Wildman–Crippen LogP) is 2.08. The van der Waals surface area contributed by atoms with E-state index in [9.17, 15) is 9.59 Å². The van der Waals surface area contributed by atoms with E-state index in [-0.39, 0.29) is 24.5 Å². The van der Waals surface area contributed by atoms with Crippen LogP contribution in [-0.2, 0) is 4.79 Å². The molecule has 1 unspecified atom stereocenters. The SMILES string of the molecule is CNC(=O)c1ccccc1NC(=O)COc1ccc(C(C)N)cc1. The molecule has 0 saturated heterocycles. The second-order valence-electron chi connectivity index (χ2n) is 5.32. The molecule has 0 bridgehead atoms. The number of ether oxygens (including phenoxy) is 1. The lowest BCUT2D eigenvalue weighted by atomic mass is 10.1. The van der Waals surface area contributed by atoms with Gasteiger partial charge in [0.1, 0.15) is 5.75 Å². The highest BCUT2D eigenvalue weighted by molar-refractivity contribution is 6.03. The van der Waals surface area contributed by atoms with Crippen molar-refractivity contribution in [3.8, 4) is 5.75 Å². The minimum Gasteiger partial charge on any atom is -0.484 e. The Morgan fingerprint density at radius 2 is 1.79 bits per heavy atom. The summed E-state index contributed by atoms with van der Waals surface area (Å²) >= 11 is 0. The van der Waals surface area contributed by atoms with Gasteiger partial charge in [0.2, 0.25) is 0 Å². The molecule has 0 heterocycles. The maximum absolute atomic E-state index is 12.0. The molecule has 0 aromatic heterocycles. The fraction of sp³-hybridized carbons (Fsp3) is 0.222. The number of hydrogen-bond donors (Lipinski definition) is 3. The van der Waals surface area contributed by atoms with Gasteiger partial charge in [-0.05, 0) is 36.8 Å². The van der Waals surface area contributed by atoms with E-state index >= 15 is 0 Å². The number of amides is 2. The highest BCUT2D eigenvalue weighted by Crippen LogP contribution is 2.17. The fourth-order valence-corrected chi connectivity index (χ4v) is 2.13. The maximum atomic E-state index is 12.0. The standard InChI is InChI=1S/C18H21N3O3/c1-12(19)13-7-9-14(10-8-13)24-11-17(22)21-16-6-4-3-5-15(16)18(23)20-2/h3-10,12H,11,19H2,1-2H3,(H,20,23)(H,21,22). The summed E-state index contributed by atoms with van der Waals surface area (Å²) in [6.07, 6.45) is 0. The summed E-state index contributed by atoms with van der Waals surface area (Å²) in [5.74, 6) is -0.0323. The van der Waals surface area contributed by atoms with E-state index in [0.29, 0.717) is 17.0 Å². The molecule has 4 N–H and O–H groups in total. The molecule has 6 nitrogen and oxygen atoms in total. The lowest BCUT2D eigenvalue weighted by Crippen LogP contribution is -2.24. The van der Waals surface area contributed by atoms with E-state index < -0.39 is 0 Å². The molecule has 0 aliphatic heterocycles. The van der Waals surface area contributed by atoms with E-state index in [1.54, 1.807) is 36.4 Å². The van der Waals surface area contributed by atoms with Gasteiger partial charge in [-0.3, -0.25) is 9.59 Å².